The molecular weight excluding hydrogens is 399 g/mol. The number of hydrogen-bond acceptors (Lipinski definition) is 4. The highest BCUT2D eigenvalue weighted by atomic mass is 19.4. The van der Waals surface area contributed by atoms with Gasteiger partial charge >= 0.3 is 6.18 Å². The van der Waals surface area contributed by atoms with Crippen LogP contribution in [0.5, 0.6) is 5.75 Å². The minimum absolute atomic E-state index is 0.0913. The highest BCUT2D eigenvalue weighted by Gasteiger charge is 2.38. The summed E-state index contributed by atoms with van der Waals surface area (Å²) in [6.45, 7) is 1.52. The summed E-state index contributed by atoms with van der Waals surface area (Å²) in [5.41, 5.74) is -0.396. The number of carbonyl (C=O) groups excluding carboxylic acids is 1. The van der Waals surface area contributed by atoms with Crippen molar-refractivity contribution in [1.82, 2.24) is 4.90 Å². The van der Waals surface area contributed by atoms with Crippen molar-refractivity contribution in [2.24, 2.45) is 0 Å². The predicted octanol–water partition coefficient (Wildman–Crippen LogP) is 3.61. The van der Waals surface area contributed by atoms with E-state index < -0.39 is 17.3 Å². The second kappa shape index (κ2) is 7.92. The van der Waals surface area contributed by atoms with Crippen molar-refractivity contribution in [3.05, 3.63) is 65.2 Å². The van der Waals surface area contributed by atoms with Crippen molar-refractivity contribution in [2.75, 3.05) is 26.3 Å². The van der Waals surface area contributed by atoms with E-state index in [1.54, 1.807) is 29.2 Å². The van der Waals surface area contributed by atoms with Crippen molar-refractivity contribution in [1.29, 1.82) is 0 Å². The highest BCUT2D eigenvalue weighted by Crippen LogP contribution is 2.31. The fourth-order valence-electron chi connectivity index (χ4n) is 3.66. The maximum atomic E-state index is 12.7. The molecular formula is C22H22F3NO4. The van der Waals surface area contributed by atoms with Gasteiger partial charge in [-0.05, 0) is 42.0 Å². The Labute approximate surface area is 172 Å². The van der Waals surface area contributed by atoms with Crippen LogP contribution in [-0.4, -0.2) is 48.3 Å². The first-order valence-corrected chi connectivity index (χ1v) is 9.78. The number of amides is 1. The summed E-state index contributed by atoms with van der Waals surface area (Å²) in [7, 11) is 0. The zero-order chi connectivity index (χ0) is 21.4. The molecule has 2 aliphatic rings. The van der Waals surface area contributed by atoms with Gasteiger partial charge in [0.15, 0.2) is 0 Å². The summed E-state index contributed by atoms with van der Waals surface area (Å²) in [6, 6.07) is 11.6. The maximum Gasteiger partial charge on any atom is 0.416 e. The van der Waals surface area contributed by atoms with Crippen LogP contribution >= 0.6 is 0 Å². The van der Waals surface area contributed by atoms with E-state index in [-0.39, 0.29) is 25.2 Å². The number of hydrogen-bond donors (Lipinski definition) is 1. The molecule has 30 heavy (non-hydrogen) atoms. The first-order chi connectivity index (χ1) is 14.2. The average Bonchev–Trinajstić information content (AvgIpc) is 2.72. The van der Waals surface area contributed by atoms with Crippen molar-refractivity contribution < 1.29 is 32.5 Å². The van der Waals surface area contributed by atoms with E-state index in [0.717, 1.165) is 17.7 Å². The molecule has 0 unspecified atom stereocenters. The van der Waals surface area contributed by atoms with E-state index in [1.807, 2.05) is 0 Å². The maximum absolute atomic E-state index is 12.7. The average molecular weight is 421 g/mol. The zero-order valence-corrected chi connectivity index (χ0v) is 16.2. The lowest BCUT2D eigenvalue weighted by Gasteiger charge is -2.37. The number of nitrogens with zero attached hydrogens (tertiary/aromatic N) is 1. The minimum Gasteiger partial charge on any atom is -0.490 e. The number of rotatable bonds is 4. The van der Waals surface area contributed by atoms with E-state index in [0.29, 0.717) is 37.2 Å². The van der Waals surface area contributed by atoms with Crippen LogP contribution in [0.1, 0.15) is 34.3 Å². The van der Waals surface area contributed by atoms with Crippen LogP contribution in [0, 0.1) is 0 Å². The van der Waals surface area contributed by atoms with Gasteiger partial charge in [0, 0.05) is 31.5 Å². The second-order valence-corrected chi connectivity index (χ2v) is 7.73. The van der Waals surface area contributed by atoms with Crippen molar-refractivity contribution >= 4 is 5.91 Å². The molecule has 2 aromatic carbocycles. The molecule has 2 fully saturated rings. The summed E-state index contributed by atoms with van der Waals surface area (Å²) in [5.74, 6) is 0.299. The Kier molecular flexibility index (Phi) is 5.46. The molecule has 5 nitrogen and oxygen atoms in total. The third-order valence-electron chi connectivity index (χ3n) is 5.56. The Morgan fingerprint density at radius 3 is 2.13 bits per heavy atom. The van der Waals surface area contributed by atoms with Gasteiger partial charge in [-0.1, -0.05) is 12.1 Å². The SMILES string of the molecule is O=C(c1ccc(C2(O)COC2)cc1)N1CCC(Oc2ccc(C(F)(F)F)cc2)CC1. The molecule has 0 aliphatic carbocycles. The van der Waals surface area contributed by atoms with Gasteiger partial charge in [-0.3, -0.25) is 4.79 Å². The first-order valence-electron chi connectivity index (χ1n) is 9.78. The van der Waals surface area contributed by atoms with Crippen LogP contribution in [-0.2, 0) is 16.5 Å². The lowest BCUT2D eigenvalue weighted by Crippen LogP contribution is -2.46. The van der Waals surface area contributed by atoms with Gasteiger partial charge in [-0.2, -0.15) is 13.2 Å². The number of ether oxygens (including phenoxy) is 2. The summed E-state index contributed by atoms with van der Waals surface area (Å²) in [6.07, 6.45) is -3.32. The second-order valence-electron chi connectivity index (χ2n) is 7.73. The molecule has 0 atom stereocenters. The van der Waals surface area contributed by atoms with Crippen LogP contribution in [0.2, 0.25) is 0 Å². The molecule has 2 aliphatic heterocycles. The topological polar surface area (TPSA) is 59.0 Å². The van der Waals surface area contributed by atoms with Crippen LogP contribution < -0.4 is 4.74 Å². The van der Waals surface area contributed by atoms with Crippen molar-refractivity contribution in [3.63, 3.8) is 0 Å². The van der Waals surface area contributed by atoms with E-state index in [9.17, 15) is 23.1 Å². The molecule has 2 saturated heterocycles. The van der Waals surface area contributed by atoms with Gasteiger partial charge < -0.3 is 19.5 Å². The number of aliphatic hydroxyl groups is 1. The molecule has 2 heterocycles. The summed E-state index contributed by atoms with van der Waals surface area (Å²) < 4.78 is 48.8. The number of benzene rings is 2. The fraction of sp³-hybridized carbons (Fsp3) is 0.409. The fourth-order valence-corrected chi connectivity index (χ4v) is 3.66. The Hall–Kier alpha value is -2.58. The Morgan fingerprint density at radius 2 is 1.63 bits per heavy atom. The zero-order valence-electron chi connectivity index (χ0n) is 16.2. The molecule has 0 spiro atoms. The van der Waals surface area contributed by atoms with Crippen molar-refractivity contribution in [2.45, 2.75) is 30.7 Å². The Bertz CT molecular complexity index is 884. The quantitative estimate of drug-likeness (QED) is 0.820. The number of piperidine rings is 1. The van der Waals surface area contributed by atoms with Crippen LogP contribution in [0.4, 0.5) is 13.2 Å². The number of likely N-dealkylation sites (tertiary alicyclic amines) is 1. The van der Waals surface area contributed by atoms with E-state index in [4.69, 9.17) is 9.47 Å². The molecule has 0 radical (unpaired) electrons. The predicted molar refractivity (Wildman–Crippen MR) is 102 cm³/mol. The number of halogens is 3. The van der Waals surface area contributed by atoms with E-state index >= 15 is 0 Å². The Morgan fingerprint density at radius 1 is 1.03 bits per heavy atom. The molecule has 1 N–H and O–H groups in total. The summed E-state index contributed by atoms with van der Waals surface area (Å²) in [4.78, 5) is 14.5. The van der Waals surface area contributed by atoms with Gasteiger partial charge in [-0.15, -0.1) is 0 Å². The minimum atomic E-state index is -4.37. The molecule has 0 saturated carbocycles. The Balaban J connectivity index is 1.30. The van der Waals surface area contributed by atoms with Crippen LogP contribution in [0.25, 0.3) is 0 Å². The number of carbonyl (C=O) groups is 1. The van der Waals surface area contributed by atoms with Gasteiger partial charge in [0.2, 0.25) is 0 Å². The van der Waals surface area contributed by atoms with Crippen LogP contribution in [0.3, 0.4) is 0 Å². The third-order valence-corrected chi connectivity index (χ3v) is 5.56. The van der Waals surface area contributed by atoms with Crippen molar-refractivity contribution in [3.8, 4) is 5.75 Å². The first kappa shape index (κ1) is 20.7. The molecule has 2 aromatic rings. The van der Waals surface area contributed by atoms with Gasteiger partial charge in [-0.25, -0.2) is 0 Å². The molecule has 160 valence electrons. The van der Waals surface area contributed by atoms with E-state index in [2.05, 4.69) is 0 Å². The molecule has 0 bridgehead atoms. The van der Waals surface area contributed by atoms with Gasteiger partial charge in [0.1, 0.15) is 17.5 Å². The van der Waals surface area contributed by atoms with Crippen LogP contribution in [0.15, 0.2) is 48.5 Å². The smallest absolute Gasteiger partial charge is 0.416 e. The lowest BCUT2D eigenvalue weighted by atomic mass is 9.91. The monoisotopic (exact) mass is 421 g/mol. The van der Waals surface area contributed by atoms with Gasteiger partial charge in [0.25, 0.3) is 5.91 Å². The molecule has 0 aromatic heterocycles. The largest absolute Gasteiger partial charge is 0.490 e. The number of alkyl halides is 3. The van der Waals surface area contributed by atoms with E-state index in [1.165, 1.54) is 12.1 Å². The summed E-state index contributed by atoms with van der Waals surface area (Å²) in [5, 5.41) is 10.3. The molecule has 4 rings (SSSR count). The summed E-state index contributed by atoms with van der Waals surface area (Å²) >= 11 is 0. The molecule has 1 amide bonds. The van der Waals surface area contributed by atoms with Gasteiger partial charge in [0.05, 0.1) is 18.8 Å². The lowest BCUT2D eigenvalue weighted by molar-refractivity contribution is -0.184. The highest BCUT2D eigenvalue weighted by molar-refractivity contribution is 5.94. The third kappa shape index (κ3) is 4.29. The standard InChI is InChI=1S/C22H22F3NO4/c23-22(24,25)17-5-7-18(8-6-17)30-19-9-11-26(12-10-19)20(27)15-1-3-16(4-2-15)21(28)13-29-14-21/h1-8,19,28H,9-14H2. The normalized spacial score (nSPS) is 19.3. The molecule has 8 heteroatoms.